The SMILES string of the molecule is COc1cccc(CN2CCC[C@]3(CCC(=O)N(CCCO)C3)C2)c1. The summed E-state index contributed by atoms with van der Waals surface area (Å²) in [7, 11) is 1.70. The molecular formula is C20H30N2O3. The van der Waals surface area contributed by atoms with Crippen molar-refractivity contribution in [3.8, 4) is 5.75 Å². The van der Waals surface area contributed by atoms with Crippen LogP contribution in [0.2, 0.25) is 0 Å². The minimum absolute atomic E-state index is 0.152. The Morgan fingerprint density at radius 1 is 1.28 bits per heavy atom. The molecule has 0 bridgehead atoms. The van der Waals surface area contributed by atoms with Crippen LogP contribution in [0.3, 0.4) is 0 Å². The zero-order valence-corrected chi connectivity index (χ0v) is 15.2. The summed E-state index contributed by atoms with van der Waals surface area (Å²) in [6, 6.07) is 8.29. The van der Waals surface area contributed by atoms with Crippen LogP contribution < -0.4 is 4.74 Å². The molecule has 0 aliphatic carbocycles. The number of aliphatic hydroxyl groups excluding tert-OH is 1. The van der Waals surface area contributed by atoms with E-state index in [1.807, 2.05) is 17.0 Å². The number of hydrogen-bond acceptors (Lipinski definition) is 4. The summed E-state index contributed by atoms with van der Waals surface area (Å²) < 4.78 is 5.33. The van der Waals surface area contributed by atoms with Crippen LogP contribution in [0.25, 0.3) is 0 Å². The average Bonchev–Trinajstić information content (AvgIpc) is 2.63. The lowest BCUT2D eigenvalue weighted by molar-refractivity contribution is -0.139. The number of carbonyl (C=O) groups is 1. The first-order valence-corrected chi connectivity index (χ1v) is 9.38. The van der Waals surface area contributed by atoms with E-state index in [1.54, 1.807) is 7.11 Å². The van der Waals surface area contributed by atoms with Gasteiger partial charge in [-0.2, -0.15) is 0 Å². The number of methoxy groups -OCH3 is 1. The van der Waals surface area contributed by atoms with Crippen LogP contribution in [0, 0.1) is 5.41 Å². The Labute approximate surface area is 150 Å². The van der Waals surface area contributed by atoms with Crippen molar-refractivity contribution in [2.24, 2.45) is 5.41 Å². The van der Waals surface area contributed by atoms with Crippen LogP contribution in [-0.4, -0.2) is 60.7 Å². The van der Waals surface area contributed by atoms with Crippen molar-refractivity contribution in [2.45, 2.75) is 38.6 Å². The predicted molar refractivity (Wildman–Crippen MR) is 97.5 cm³/mol. The van der Waals surface area contributed by atoms with Crippen molar-refractivity contribution in [2.75, 3.05) is 39.9 Å². The van der Waals surface area contributed by atoms with Gasteiger partial charge in [-0.3, -0.25) is 9.69 Å². The van der Waals surface area contributed by atoms with Gasteiger partial charge in [0.15, 0.2) is 0 Å². The second kappa shape index (κ2) is 8.19. The highest BCUT2D eigenvalue weighted by Crippen LogP contribution is 2.39. The molecule has 0 aromatic heterocycles. The molecule has 0 radical (unpaired) electrons. The highest BCUT2D eigenvalue weighted by atomic mass is 16.5. The van der Waals surface area contributed by atoms with E-state index in [0.717, 1.165) is 38.3 Å². The van der Waals surface area contributed by atoms with Gasteiger partial charge < -0.3 is 14.7 Å². The molecule has 0 unspecified atom stereocenters. The van der Waals surface area contributed by atoms with Crippen molar-refractivity contribution >= 4 is 5.91 Å². The van der Waals surface area contributed by atoms with Crippen molar-refractivity contribution in [1.82, 2.24) is 9.80 Å². The molecule has 1 spiro atoms. The summed E-state index contributed by atoms with van der Waals surface area (Å²) in [5.74, 6) is 1.16. The molecule has 138 valence electrons. The number of benzene rings is 1. The molecule has 3 rings (SSSR count). The number of likely N-dealkylation sites (tertiary alicyclic amines) is 2. The molecule has 2 aliphatic heterocycles. The topological polar surface area (TPSA) is 53.0 Å². The standard InChI is InChI=1S/C20H30N2O3/c1-25-18-6-2-5-17(13-18)14-21-10-3-8-20(15-21)9-7-19(24)22(16-20)11-4-12-23/h2,5-6,13,23H,3-4,7-12,14-16H2,1H3/t20-/m0/s1. The quantitative estimate of drug-likeness (QED) is 0.859. The monoisotopic (exact) mass is 346 g/mol. The molecule has 1 N–H and O–H groups in total. The molecule has 2 saturated heterocycles. The number of carbonyl (C=O) groups excluding carboxylic acids is 1. The first-order valence-electron chi connectivity index (χ1n) is 9.38. The van der Waals surface area contributed by atoms with Gasteiger partial charge in [-0.25, -0.2) is 0 Å². The largest absolute Gasteiger partial charge is 0.497 e. The van der Waals surface area contributed by atoms with E-state index in [0.29, 0.717) is 19.4 Å². The van der Waals surface area contributed by atoms with Crippen molar-refractivity contribution in [3.63, 3.8) is 0 Å². The van der Waals surface area contributed by atoms with Gasteiger partial charge in [0.2, 0.25) is 5.91 Å². The fraction of sp³-hybridized carbons (Fsp3) is 0.650. The number of piperidine rings is 2. The Balaban J connectivity index is 1.64. The van der Waals surface area contributed by atoms with Gasteiger partial charge in [-0.15, -0.1) is 0 Å². The van der Waals surface area contributed by atoms with Crippen LogP contribution in [0.1, 0.15) is 37.7 Å². The molecule has 2 fully saturated rings. The summed E-state index contributed by atoms with van der Waals surface area (Å²) in [6.45, 7) is 4.78. The average molecular weight is 346 g/mol. The maximum absolute atomic E-state index is 12.2. The van der Waals surface area contributed by atoms with Gasteiger partial charge in [-0.1, -0.05) is 12.1 Å². The second-order valence-corrected chi connectivity index (χ2v) is 7.56. The third-order valence-corrected chi connectivity index (χ3v) is 5.62. The zero-order chi connectivity index (χ0) is 17.7. The van der Waals surface area contributed by atoms with Crippen LogP contribution >= 0.6 is 0 Å². The molecule has 5 nitrogen and oxygen atoms in total. The van der Waals surface area contributed by atoms with Crippen molar-refractivity contribution in [3.05, 3.63) is 29.8 Å². The predicted octanol–water partition coefficient (Wildman–Crippen LogP) is 2.28. The number of hydrogen-bond donors (Lipinski definition) is 1. The van der Waals surface area contributed by atoms with Gasteiger partial charge in [-0.05, 0) is 49.9 Å². The number of nitrogens with zero attached hydrogens (tertiary/aromatic N) is 2. The Bertz CT molecular complexity index is 592. The molecule has 0 saturated carbocycles. The third kappa shape index (κ3) is 4.53. The van der Waals surface area contributed by atoms with Crippen LogP contribution in [0.15, 0.2) is 24.3 Å². The molecule has 2 heterocycles. The summed E-state index contributed by atoms with van der Waals surface area (Å²) >= 11 is 0. The van der Waals surface area contributed by atoms with E-state index in [9.17, 15) is 4.79 Å². The summed E-state index contributed by atoms with van der Waals surface area (Å²) in [5, 5.41) is 9.08. The number of amides is 1. The number of ether oxygens (including phenoxy) is 1. The van der Waals surface area contributed by atoms with E-state index in [4.69, 9.17) is 9.84 Å². The lowest BCUT2D eigenvalue weighted by atomic mass is 9.73. The fourth-order valence-corrected chi connectivity index (χ4v) is 4.37. The molecule has 1 aromatic rings. The van der Waals surface area contributed by atoms with Gasteiger partial charge in [0.05, 0.1) is 7.11 Å². The first kappa shape index (κ1) is 18.2. The Kier molecular flexibility index (Phi) is 5.97. The molecule has 5 heteroatoms. The smallest absolute Gasteiger partial charge is 0.222 e. The summed E-state index contributed by atoms with van der Waals surface area (Å²) in [5.41, 5.74) is 1.50. The van der Waals surface area contributed by atoms with E-state index in [2.05, 4.69) is 17.0 Å². The van der Waals surface area contributed by atoms with Gasteiger partial charge in [0, 0.05) is 44.6 Å². The van der Waals surface area contributed by atoms with Gasteiger partial charge in [0.1, 0.15) is 5.75 Å². The zero-order valence-electron chi connectivity index (χ0n) is 15.2. The second-order valence-electron chi connectivity index (χ2n) is 7.56. The van der Waals surface area contributed by atoms with Gasteiger partial charge >= 0.3 is 0 Å². The third-order valence-electron chi connectivity index (χ3n) is 5.62. The molecule has 25 heavy (non-hydrogen) atoms. The van der Waals surface area contributed by atoms with Crippen molar-refractivity contribution in [1.29, 1.82) is 0 Å². The maximum Gasteiger partial charge on any atom is 0.222 e. The van der Waals surface area contributed by atoms with Crippen LogP contribution in [0.4, 0.5) is 0 Å². The molecule has 2 aliphatic rings. The minimum Gasteiger partial charge on any atom is -0.497 e. The maximum atomic E-state index is 12.2. The highest BCUT2D eigenvalue weighted by molar-refractivity contribution is 5.77. The lowest BCUT2D eigenvalue weighted by Gasteiger charge is -2.48. The first-order chi connectivity index (χ1) is 12.1. The fourth-order valence-electron chi connectivity index (χ4n) is 4.37. The van der Waals surface area contributed by atoms with Crippen LogP contribution in [-0.2, 0) is 11.3 Å². The van der Waals surface area contributed by atoms with E-state index < -0.39 is 0 Å². The van der Waals surface area contributed by atoms with E-state index >= 15 is 0 Å². The highest BCUT2D eigenvalue weighted by Gasteiger charge is 2.41. The summed E-state index contributed by atoms with van der Waals surface area (Å²) in [6.07, 6.45) is 4.71. The van der Waals surface area contributed by atoms with E-state index in [1.165, 1.54) is 18.4 Å². The molecule has 1 atom stereocenters. The van der Waals surface area contributed by atoms with Crippen LogP contribution in [0.5, 0.6) is 5.75 Å². The lowest BCUT2D eigenvalue weighted by Crippen LogP contribution is -2.54. The molecule has 1 aromatic carbocycles. The van der Waals surface area contributed by atoms with Gasteiger partial charge in [0.25, 0.3) is 0 Å². The Hall–Kier alpha value is -1.59. The number of aliphatic hydroxyl groups is 1. The minimum atomic E-state index is 0.152. The number of rotatable bonds is 6. The molecule has 1 amide bonds. The van der Waals surface area contributed by atoms with Crippen molar-refractivity contribution < 1.29 is 14.6 Å². The van der Waals surface area contributed by atoms with E-state index in [-0.39, 0.29) is 17.9 Å². The normalized spacial score (nSPS) is 24.7. The Morgan fingerprint density at radius 2 is 2.16 bits per heavy atom. The molecular weight excluding hydrogens is 316 g/mol. The Morgan fingerprint density at radius 3 is 2.96 bits per heavy atom. The summed E-state index contributed by atoms with van der Waals surface area (Å²) in [4.78, 5) is 16.7.